The third kappa shape index (κ3) is 3.33. The SMILES string of the molecule is C[C@H]1C[C@H]1C(=O)N1C[C@H]2[C@@H](CCOCc3ccncc3)CO[C@H]2C1. The van der Waals surface area contributed by atoms with E-state index in [2.05, 4.69) is 11.9 Å². The van der Waals surface area contributed by atoms with Crippen LogP contribution in [0.3, 0.4) is 0 Å². The lowest BCUT2D eigenvalue weighted by Gasteiger charge is -2.20. The van der Waals surface area contributed by atoms with Crippen LogP contribution in [0.5, 0.6) is 0 Å². The van der Waals surface area contributed by atoms with Gasteiger partial charge in [-0.3, -0.25) is 9.78 Å². The Hall–Kier alpha value is -1.46. The number of hydrogen-bond acceptors (Lipinski definition) is 4. The fraction of sp³-hybridized carbons (Fsp3) is 0.684. The maximum absolute atomic E-state index is 12.4. The first-order valence-electron chi connectivity index (χ1n) is 9.09. The van der Waals surface area contributed by atoms with Gasteiger partial charge in [-0.25, -0.2) is 0 Å². The highest BCUT2D eigenvalue weighted by atomic mass is 16.5. The van der Waals surface area contributed by atoms with Gasteiger partial charge in [-0.15, -0.1) is 0 Å². The Bertz CT molecular complexity index is 579. The molecule has 0 spiro atoms. The number of carbonyl (C=O) groups excluding carboxylic acids is 1. The Morgan fingerprint density at radius 2 is 2.17 bits per heavy atom. The summed E-state index contributed by atoms with van der Waals surface area (Å²) in [6.45, 7) is 6.03. The normalized spacial score (nSPS) is 34.4. The Kier molecular flexibility index (Phi) is 4.55. The molecule has 1 amide bonds. The Labute approximate surface area is 143 Å². The predicted octanol–water partition coefficient (Wildman–Crippen LogP) is 2.12. The van der Waals surface area contributed by atoms with Crippen LogP contribution in [-0.4, -0.2) is 48.2 Å². The average molecular weight is 330 g/mol. The van der Waals surface area contributed by atoms with E-state index in [9.17, 15) is 4.79 Å². The molecule has 2 aliphatic heterocycles. The van der Waals surface area contributed by atoms with Crippen molar-refractivity contribution in [1.29, 1.82) is 0 Å². The number of fused-ring (bicyclic) bond motifs is 1. The number of rotatable bonds is 6. The molecule has 5 nitrogen and oxygen atoms in total. The molecule has 0 radical (unpaired) electrons. The van der Waals surface area contributed by atoms with Crippen molar-refractivity contribution in [2.45, 2.75) is 32.5 Å². The third-order valence-corrected chi connectivity index (χ3v) is 5.83. The molecule has 2 saturated heterocycles. The van der Waals surface area contributed by atoms with Gasteiger partial charge >= 0.3 is 0 Å². The lowest BCUT2D eigenvalue weighted by molar-refractivity contribution is -0.132. The van der Waals surface area contributed by atoms with Gasteiger partial charge in [-0.05, 0) is 42.4 Å². The van der Waals surface area contributed by atoms with Crippen LogP contribution < -0.4 is 0 Å². The smallest absolute Gasteiger partial charge is 0.226 e. The van der Waals surface area contributed by atoms with Crippen molar-refractivity contribution in [1.82, 2.24) is 9.88 Å². The molecule has 1 aromatic heterocycles. The summed E-state index contributed by atoms with van der Waals surface area (Å²) in [5, 5.41) is 0. The fourth-order valence-corrected chi connectivity index (χ4v) is 4.08. The molecule has 3 heterocycles. The van der Waals surface area contributed by atoms with Gasteiger partial charge in [-0.1, -0.05) is 6.92 Å². The maximum Gasteiger partial charge on any atom is 0.226 e. The molecule has 0 unspecified atom stereocenters. The molecule has 4 rings (SSSR count). The van der Waals surface area contributed by atoms with Gasteiger partial charge in [-0.2, -0.15) is 0 Å². The molecule has 1 aliphatic carbocycles. The third-order valence-electron chi connectivity index (χ3n) is 5.83. The second kappa shape index (κ2) is 6.81. The van der Waals surface area contributed by atoms with Crippen molar-refractivity contribution in [2.75, 3.05) is 26.3 Å². The first-order chi connectivity index (χ1) is 11.7. The van der Waals surface area contributed by atoms with Crippen molar-refractivity contribution in [3.8, 4) is 0 Å². The standard InChI is InChI=1S/C19H26N2O3/c1-13-8-16(13)19(22)21-9-17-15(12-24-18(17)10-21)4-7-23-11-14-2-5-20-6-3-14/h2-3,5-6,13,15-18H,4,7-12H2,1H3/t13-,15-,16+,17-,18-/m0/s1. The summed E-state index contributed by atoms with van der Waals surface area (Å²) in [6.07, 6.45) is 5.90. The Morgan fingerprint density at radius 3 is 2.92 bits per heavy atom. The van der Waals surface area contributed by atoms with E-state index in [0.717, 1.165) is 44.7 Å². The zero-order valence-electron chi connectivity index (χ0n) is 14.3. The van der Waals surface area contributed by atoms with Crippen LogP contribution in [0.15, 0.2) is 24.5 Å². The molecule has 24 heavy (non-hydrogen) atoms. The summed E-state index contributed by atoms with van der Waals surface area (Å²) in [4.78, 5) is 18.5. The minimum atomic E-state index is 0.244. The number of ether oxygens (including phenoxy) is 2. The van der Waals surface area contributed by atoms with Crippen LogP contribution in [0.25, 0.3) is 0 Å². The lowest BCUT2D eigenvalue weighted by atomic mass is 9.91. The summed E-state index contributed by atoms with van der Waals surface area (Å²) in [7, 11) is 0. The van der Waals surface area contributed by atoms with Crippen LogP contribution in [0, 0.1) is 23.7 Å². The number of carbonyl (C=O) groups is 1. The maximum atomic E-state index is 12.4. The quantitative estimate of drug-likeness (QED) is 0.750. The number of hydrogen-bond donors (Lipinski definition) is 0. The summed E-state index contributed by atoms with van der Waals surface area (Å²) in [5.74, 6) is 2.23. The minimum Gasteiger partial charge on any atom is -0.377 e. The zero-order chi connectivity index (χ0) is 16.5. The van der Waals surface area contributed by atoms with Gasteiger partial charge in [0.25, 0.3) is 0 Å². The van der Waals surface area contributed by atoms with Gasteiger partial charge in [0, 0.05) is 43.9 Å². The van der Waals surface area contributed by atoms with Gasteiger partial charge in [0.2, 0.25) is 5.91 Å². The van der Waals surface area contributed by atoms with E-state index in [0.29, 0.717) is 30.3 Å². The molecular formula is C19H26N2O3. The molecule has 130 valence electrons. The van der Waals surface area contributed by atoms with E-state index in [4.69, 9.17) is 9.47 Å². The molecule has 5 atom stereocenters. The second-order valence-corrected chi connectivity index (χ2v) is 7.56. The van der Waals surface area contributed by atoms with Crippen molar-refractivity contribution >= 4 is 5.91 Å². The molecule has 3 aliphatic rings. The van der Waals surface area contributed by atoms with Crippen molar-refractivity contribution in [3.63, 3.8) is 0 Å². The van der Waals surface area contributed by atoms with E-state index in [1.54, 1.807) is 12.4 Å². The first-order valence-corrected chi connectivity index (χ1v) is 9.09. The molecule has 0 N–H and O–H groups in total. The van der Waals surface area contributed by atoms with Crippen molar-refractivity contribution < 1.29 is 14.3 Å². The highest BCUT2D eigenvalue weighted by Crippen LogP contribution is 2.42. The van der Waals surface area contributed by atoms with Gasteiger partial charge in [0.1, 0.15) is 0 Å². The summed E-state index contributed by atoms with van der Waals surface area (Å²) in [6, 6.07) is 3.96. The highest BCUT2D eigenvalue weighted by molar-refractivity contribution is 5.82. The summed E-state index contributed by atoms with van der Waals surface area (Å²) < 4.78 is 11.8. The van der Waals surface area contributed by atoms with Crippen LogP contribution >= 0.6 is 0 Å². The zero-order valence-corrected chi connectivity index (χ0v) is 14.3. The molecule has 1 saturated carbocycles. The Morgan fingerprint density at radius 1 is 1.38 bits per heavy atom. The lowest BCUT2D eigenvalue weighted by Crippen LogP contribution is -2.32. The van der Waals surface area contributed by atoms with Crippen LogP contribution in [0.1, 0.15) is 25.3 Å². The summed E-state index contributed by atoms with van der Waals surface area (Å²) in [5.41, 5.74) is 1.15. The van der Waals surface area contributed by atoms with E-state index in [1.807, 2.05) is 17.0 Å². The van der Waals surface area contributed by atoms with Crippen LogP contribution in [0.2, 0.25) is 0 Å². The molecule has 0 bridgehead atoms. The number of pyridine rings is 1. The van der Waals surface area contributed by atoms with Crippen molar-refractivity contribution in [3.05, 3.63) is 30.1 Å². The molecule has 1 aromatic rings. The van der Waals surface area contributed by atoms with Crippen molar-refractivity contribution in [2.24, 2.45) is 23.7 Å². The summed E-state index contributed by atoms with van der Waals surface area (Å²) >= 11 is 0. The second-order valence-electron chi connectivity index (χ2n) is 7.56. The first kappa shape index (κ1) is 16.0. The topological polar surface area (TPSA) is 51.7 Å². The highest BCUT2D eigenvalue weighted by Gasteiger charge is 2.49. The largest absolute Gasteiger partial charge is 0.377 e. The minimum absolute atomic E-state index is 0.244. The van der Waals surface area contributed by atoms with E-state index >= 15 is 0 Å². The molecular weight excluding hydrogens is 304 g/mol. The van der Waals surface area contributed by atoms with Gasteiger partial charge in [0.05, 0.1) is 19.3 Å². The van der Waals surface area contributed by atoms with E-state index < -0.39 is 0 Å². The molecule has 5 heteroatoms. The predicted molar refractivity (Wildman–Crippen MR) is 89.1 cm³/mol. The van der Waals surface area contributed by atoms with Gasteiger partial charge < -0.3 is 14.4 Å². The van der Waals surface area contributed by atoms with Crippen LogP contribution in [-0.2, 0) is 20.9 Å². The van der Waals surface area contributed by atoms with Crippen LogP contribution in [0.4, 0.5) is 0 Å². The van der Waals surface area contributed by atoms with E-state index in [1.165, 1.54) is 0 Å². The molecule has 0 aromatic carbocycles. The number of amides is 1. The number of aromatic nitrogens is 1. The Balaban J connectivity index is 1.22. The number of likely N-dealkylation sites (tertiary alicyclic amines) is 1. The number of nitrogens with zero attached hydrogens (tertiary/aromatic N) is 2. The van der Waals surface area contributed by atoms with Gasteiger partial charge in [0.15, 0.2) is 0 Å². The molecule has 3 fully saturated rings. The monoisotopic (exact) mass is 330 g/mol. The fourth-order valence-electron chi connectivity index (χ4n) is 4.08. The average Bonchev–Trinajstić information content (AvgIpc) is 3.02. The van der Waals surface area contributed by atoms with E-state index in [-0.39, 0.29) is 12.0 Å².